The Labute approximate surface area is 131 Å². The van der Waals surface area contributed by atoms with E-state index in [-0.39, 0.29) is 17.5 Å². The fourth-order valence-electron chi connectivity index (χ4n) is 1.99. The second-order valence-corrected chi connectivity index (χ2v) is 4.82. The van der Waals surface area contributed by atoms with Gasteiger partial charge in [-0.1, -0.05) is 11.2 Å². The van der Waals surface area contributed by atoms with E-state index in [0.29, 0.717) is 5.56 Å². The minimum atomic E-state index is -4.79. The number of hydrogen-bond acceptors (Lipinski definition) is 5. The average Bonchev–Trinajstić information content (AvgIpc) is 3.17. The van der Waals surface area contributed by atoms with Crippen LogP contribution in [0.3, 0.4) is 0 Å². The molecule has 0 fully saturated rings. The van der Waals surface area contributed by atoms with Crippen LogP contribution in [0.5, 0.6) is 0 Å². The predicted octanol–water partition coefficient (Wildman–Crippen LogP) is 3.04. The molecule has 3 rings (SSSR count). The van der Waals surface area contributed by atoms with Gasteiger partial charge in [0.1, 0.15) is 5.82 Å². The molecule has 3 aromatic rings. The molecule has 0 atom stereocenters. The highest BCUT2D eigenvalue weighted by atomic mass is 19.4. The Balaban J connectivity index is 1.84. The molecule has 0 unspecified atom stereocenters. The summed E-state index contributed by atoms with van der Waals surface area (Å²) in [6, 6.07) is 3.29. The summed E-state index contributed by atoms with van der Waals surface area (Å²) >= 11 is 0. The number of aromatic nitrogens is 4. The Morgan fingerprint density at radius 1 is 1.29 bits per heavy atom. The van der Waals surface area contributed by atoms with E-state index in [2.05, 4.69) is 24.9 Å². The van der Waals surface area contributed by atoms with E-state index in [4.69, 9.17) is 0 Å². The van der Waals surface area contributed by atoms with Gasteiger partial charge in [0.25, 0.3) is 0 Å². The van der Waals surface area contributed by atoms with Crippen LogP contribution in [-0.4, -0.2) is 26.1 Å². The van der Waals surface area contributed by atoms with Crippen LogP contribution in [0.2, 0.25) is 0 Å². The number of nitrogens with one attached hydrogen (secondary N) is 1. The van der Waals surface area contributed by atoms with Gasteiger partial charge in [0.05, 0.1) is 11.8 Å². The zero-order valence-corrected chi connectivity index (χ0v) is 11.8. The van der Waals surface area contributed by atoms with Crippen LogP contribution in [0.15, 0.2) is 35.1 Å². The molecule has 1 N–H and O–H groups in total. The number of carbonyl (C=O) groups is 1. The van der Waals surface area contributed by atoms with Gasteiger partial charge < -0.3 is 4.52 Å². The normalized spacial score (nSPS) is 11.7. The SMILES string of the molecule is O=C(Cc1cn[nH]c1)c1ccc(-c2noc(C(F)(F)F)n2)cc1F. The quantitative estimate of drug-likeness (QED) is 0.583. The van der Waals surface area contributed by atoms with Crippen molar-refractivity contribution in [2.24, 2.45) is 0 Å². The van der Waals surface area contributed by atoms with Crippen molar-refractivity contribution in [3.63, 3.8) is 0 Å². The number of nitrogens with zero attached hydrogens (tertiary/aromatic N) is 3. The van der Waals surface area contributed by atoms with E-state index in [1.165, 1.54) is 18.5 Å². The number of halogens is 4. The number of hydrogen-bond donors (Lipinski definition) is 1. The molecule has 2 aromatic heterocycles. The van der Waals surface area contributed by atoms with Crippen molar-refractivity contribution >= 4 is 5.78 Å². The number of ketones is 1. The van der Waals surface area contributed by atoms with Crippen molar-refractivity contribution in [1.29, 1.82) is 0 Å². The van der Waals surface area contributed by atoms with Crippen molar-refractivity contribution in [3.8, 4) is 11.4 Å². The lowest BCUT2D eigenvalue weighted by atomic mass is 10.0. The molecule has 124 valence electrons. The number of carbonyl (C=O) groups excluding carboxylic acids is 1. The number of H-pyrrole nitrogens is 1. The summed E-state index contributed by atoms with van der Waals surface area (Å²) in [4.78, 5) is 15.2. The summed E-state index contributed by atoms with van der Waals surface area (Å²) in [5.41, 5.74) is 0.350. The van der Waals surface area contributed by atoms with Crippen molar-refractivity contribution in [2.45, 2.75) is 12.6 Å². The lowest BCUT2D eigenvalue weighted by Crippen LogP contribution is -2.06. The van der Waals surface area contributed by atoms with Gasteiger partial charge in [-0.25, -0.2) is 4.39 Å². The molecule has 0 radical (unpaired) electrons. The summed E-state index contributed by atoms with van der Waals surface area (Å²) in [6.45, 7) is 0. The van der Waals surface area contributed by atoms with Crippen molar-refractivity contribution < 1.29 is 26.9 Å². The minimum Gasteiger partial charge on any atom is -0.329 e. The lowest BCUT2D eigenvalue weighted by Gasteiger charge is -2.03. The molecular weight excluding hydrogens is 332 g/mol. The van der Waals surface area contributed by atoms with Gasteiger partial charge in [-0.05, 0) is 17.7 Å². The average molecular weight is 340 g/mol. The van der Waals surface area contributed by atoms with Crippen LogP contribution < -0.4 is 0 Å². The van der Waals surface area contributed by atoms with E-state index in [1.54, 1.807) is 0 Å². The third kappa shape index (κ3) is 3.16. The molecule has 24 heavy (non-hydrogen) atoms. The van der Waals surface area contributed by atoms with Crippen LogP contribution >= 0.6 is 0 Å². The third-order valence-corrected chi connectivity index (χ3v) is 3.12. The molecule has 1 aromatic carbocycles. The number of aromatic amines is 1. The van der Waals surface area contributed by atoms with Gasteiger partial charge in [0.2, 0.25) is 5.82 Å². The van der Waals surface area contributed by atoms with E-state index in [9.17, 15) is 22.4 Å². The van der Waals surface area contributed by atoms with Crippen LogP contribution in [0, 0.1) is 5.82 Å². The second kappa shape index (κ2) is 5.87. The molecule has 0 bridgehead atoms. The zero-order chi connectivity index (χ0) is 17.3. The van der Waals surface area contributed by atoms with Crippen LogP contribution in [0.1, 0.15) is 21.8 Å². The maximum absolute atomic E-state index is 14.1. The summed E-state index contributed by atoms with van der Waals surface area (Å²) in [6.07, 6.45) is -1.91. The number of alkyl halides is 3. The maximum atomic E-state index is 14.1. The topological polar surface area (TPSA) is 84.7 Å². The zero-order valence-electron chi connectivity index (χ0n) is 11.8. The molecule has 0 saturated heterocycles. The molecule has 10 heteroatoms. The van der Waals surface area contributed by atoms with E-state index in [0.717, 1.165) is 12.1 Å². The first-order valence-corrected chi connectivity index (χ1v) is 6.56. The first-order valence-electron chi connectivity index (χ1n) is 6.56. The number of rotatable bonds is 4. The summed E-state index contributed by atoms with van der Waals surface area (Å²) < 4.78 is 55.5. The maximum Gasteiger partial charge on any atom is 0.471 e. The number of benzene rings is 1. The fourth-order valence-corrected chi connectivity index (χ4v) is 1.99. The van der Waals surface area contributed by atoms with Gasteiger partial charge >= 0.3 is 12.1 Å². The van der Waals surface area contributed by atoms with Gasteiger partial charge in [0, 0.05) is 18.2 Å². The highest BCUT2D eigenvalue weighted by Crippen LogP contribution is 2.29. The Morgan fingerprint density at radius 3 is 2.67 bits per heavy atom. The molecule has 0 spiro atoms. The molecule has 0 aliphatic heterocycles. The second-order valence-electron chi connectivity index (χ2n) is 4.82. The minimum absolute atomic E-state index is 0.0355. The molecule has 6 nitrogen and oxygen atoms in total. The number of Topliss-reactive ketones (excluding diaryl/α,β-unsaturated/α-hetero) is 1. The van der Waals surface area contributed by atoms with Crippen molar-refractivity contribution in [2.75, 3.05) is 0 Å². The van der Waals surface area contributed by atoms with Gasteiger partial charge in [-0.2, -0.15) is 23.3 Å². The van der Waals surface area contributed by atoms with Crippen LogP contribution in [0.4, 0.5) is 17.6 Å². The molecule has 2 heterocycles. The highest BCUT2D eigenvalue weighted by Gasteiger charge is 2.38. The molecule has 0 aliphatic rings. The molecular formula is C14H8F4N4O2. The summed E-state index contributed by atoms with van der Waals surface area (Å²) in [5.74, 6) is -3.34. The Bertz CT molecular complexity index is 871. The fraction of sp³-hybridized carbons (Fsp3) is 0.143. The monoisotopic (exact) mass is 340 g/mol. The van der Waals surface area contributed by atoms with Crippen molar-refractivity contribution in [1.82, 2.24) is 20.3 Å². The first-order chi connectivity index (χ1) is 11.3. The Hall–Kier alpha value is -3.04. The molecule has 0 saturated carbocycles. The highest BCUT2D eigenvalue weighted by molar-refractivity contribution is 5.98. The standard InChI is InChI=1S/C14H8F4N4O2/c15-10-4-8(12-21-13(24-22-12)14(16,17)18)1-2-9(10)11(23)3-7-5-19-20-6-7/h1-2,4-6H,3H2,(H,19,20). The lowest BCUT2D eigenvalue weighted by molar-refractivity contribution is -0.159. The largest absolute Gasteiger partial charge is 0.471 e. The molecule has 0 aliphatic carbocycles. The Morgan fingerprint density at radius 2 is 2.08 bits per heavy atom. The smallest absolute Gasteiger partial charge is 0.329 e. The van der Waals surface area contributed by atoms with Gasteiger partial charge in [-0.3, -0.25) is 9.89 Å². The summed E-state index contributed by atoms with van der Waals surface area (Å²) in [5, 5.41) is 9.37. The van der Waals surface area contributed by atoms with Crippen LogP contribution in [0.25, 0.3) is 11.4 Å². The Kier molecular flexibility index (Phi) is 3.87. The predicted molar refractivity (Wildman–Crippen MR) is 71.3 cm³/mol. The van der Waals surface area contributed by atoms with Gasteiger partial charge in [0.15, 0.2) is 5.78 Å². The van der Waals surface area contributed by atoms with Crippen molar-refractivity contribution in [3.05, 3.63) is 53.4 Å². The summed E-state index contributed by atoms with van der Waals surface area (Å²) in [7, 11) is 0. The van der Waals surface area contributed by atoms with E-state index >= 15 is 0 Å². The van der Waals surface area contributed by atoms with Gasteiger partial charge in [-0.15, -0.1) is 0 Å². The van der Waals surface area contributed by atoms with E-state index < -0.39 is 29.5 Å². The van der Waals surface area contributed by atoms with Crippen LogP contribution in [-0.2, 0) is 12.6 Å². The molecule has 0 amide bonds. The third-order valence-electron chi connectivity index (χ3n) is 3.12. The first kappa shape index (κ1) is 15.8. The van der Waals surface area contributed by atoms with E-state index in [1.807, 2.05) is 0 Å².